The summed E-state index contributed by atoms with van der Waals surface area (Å²) in [5.74, 6) is 0. The Balaban J connectivity index is 2.05. The quantitative estimate of drug-likeness (QED) is 0.857. The molecule has 3 heterocycles. The first-order valence-corrected chi connectivity index (χ1v) is 5.99. The molecule has 4 heteroatoms. The Labute approximate surface area is 101 Å². The number of aromatic nitrogens is 3. The number of hydrogen-bond donors (Lipinski definition) is 1. The molecule has 0 aromatic carbocycles. The number of H-pyrrole nitrogens is 1. The maximum absolute atomic E-state index is 4.27. The molecule has 0 spiro atoms. The molecule has 2 aromatic heterocycles. The minimum Gasteiger partial charge on any atom is -0.345 e. The molecule has 0 aliphatic carbocycles. The van der Waals surface area contributed by atoms with E-state index in [2.05, 4.69) is 33.0 Å². The van der Waals surface area contributed by atoms with Crippen molar-refractivity contribution in [1.82, 2.24) is 19.9 Å². The highest BCUT2D eigenvalue weighted by Crippen LogP contribution is 2.35. The molecule has 1 atom stereocenters. The summed E-state index contributed by atoms with van der Waals surface area (Å²) < 4.78 is 0. The summed E-state index contributed by atoms with van der Waals surface area (Å²) in [4.78, 5) is 13.9. The Morgan fingerprint density at radius 3 is 3.00 bits per heavy atom. The first kappa shape index (κ1) is 10.5. The van der Waals surface area contributed by atoms with Gasteiger partial charge in [0.2, 0.25) is 0 Å². The van der Waals surface area contributed by atoms with E-state index in [0.29, 0.717) is 6.04 Å². The summed E-state index contributed by atoms with van der Waals surface area (Å²) in [7, 11) is 2.18. The average molecular weight is 228 g/mol. The van der Waals surface area contributed by atoms with Crippen molar-refractivity contribution >= 4 is 0 Å². The Kier molecular flexibility index (Phi) is 2.65. The lowest BCUT2D eigenvalue weighted by Crippen LogP contribution is -2.18. The Morgan fingerprint density at radius 2 is 2.29 bits per heavy atom. The SMILES string of the molecule is CN1CCC[C@H]1c1cnccc1-c1cnc[nH]1. The molecule has 1 N–H and O–H groups in total. The van der Waals surface area contributed by atoms with Crippen LogP contribution < -0.4 is 0 Å². The number of aromatic amines is 1. The van der Waals surface area contributed by atoms with Crippen LogP contribution >= 0.6 is 0 Å². The van der Waals surface area contributed by atoms with E-state index in [1.165, 1.54) is 30.5 Å². The van der Waals surface area contributed by atoms with Crippen molar-refractivity contribution in [3.63, 3.8) is 0 Å². The second kappa shape index (κ2) is 4.30. The van der Waals surface area contributed by atoms with Gasteiger partial charge in [0.1, 0.15) is 0 Å². The lowest BCUT2D eigenvalue weighted by atomic mass is 9.99. The van der Waals surface area contributed by atoms with Crippen molar-refractivity contribution in [3.05, 3.63) is 36.5 Å². The summed E-state index contributed by atoms with van der Waals surface area (Å²) in [6.45, 7) is 1.17. The van der Waals surface area contributed by atoms with Crippen LogP contribution in [0.25, 0.3) is 11.3 Å². The molecule has 1 aliphatic heterocycles. The van der Waals surface area contributed by atoms with Gasteiger partial charge in [0, 0.05) is 24.0 Å². The molecule has 3 rings (SSSR count). The van der Waals surface area contributed by atoms with E-state index in [1.807, 2.05) is 18.6 Å². The highest BCUT2D eigenvalue weighted by Gasteiger charge is 2.25. The second-order valence-corrected chi connectivity index (χ2v) is 4.57. The van der Waals surface area contributed by atoms with Gasteiger partial charge in [-0.2, -0.15) is 0 Å². The summed E-state index contributed by atoms with van der Waals surface area (Å²) in [5.41, 5.74) is 3.59. The topological polar surface area (TPSA) is 44.8 Å². The Hall–Kier alpha value is -1.68. The van der Waals surface area contributed by atoms with Crippen molar-refractivity contribution in [2.24, 2.45) is 0 Å². The molecule has 2 aromatic rings. The molecular weight excluding hydrogens is 212 g/mol. The smallest absolute Gasteiger partial charge is 0.0924 e. The molecule has 0 saturated carbocycles. The van der Waals surface area contributed by atoms with Crippen LogP contribution in [0.15, 0.2) is 31.0 Å². The fourth-order valence-electron chi connectivity index (χ4n) is 2.62. The number of pyridine rings is 1. The van der Waals surface area contributed by atoms with Crippen molar-refractivity contribution in [2.45, 2.75) is 18.9 Å². The number of nitrogens with zero attached hydrogens (tertiary/aromatic N) is 3. The lowest BCUT2D eigenvalue weighted by molar-refractivity contribution is 0.317. The molecule has 1 aliphatic rings. The second-order valence-electron chi connectivity index (χ2n) is 4.57. The predicted octanol–water partition coefficient (Wildman–Crippen LogP) is 2.24. The van der Waals surface area contributed by atoms with Crippen molar-refractivity contribution in [2.75, 3.05) is 13.6 Å². The van der Waals surface area contributed by atoms with Crippen LogP contribution in [0.2, 0.25) is 0 Å². The van der Waals surface area contributed by atoms with E-state index in [0.717, 1.165) is 5.69 Å². The van der Waals surface area contributed by atoms with Crippen molar-refractivity contribution < 1.29 is 0 Å². The van der Waals surface area contributed by atoms with Gasteiger partial charge < -0.3 is 4.98 Å². The van der Waals surface area contributed by atoms with E-state index in [9.17, 15) is 0 Å². The van der Waals surface area contributed by atoms with Gasteiger partial charge in [-0.25, -0.2) is 4.98 Å². The van der Waals surface area contributed by atoms with Crippen LogP contribution in [-0.4, -0.2) is 33.4 Å². The minimum atomic E-state index is 0.488. The molecule has 4 nitrogen and oxygen atoms in total. The number of imidazole rings is 1. The van der Waals surface area contributed by atoms with Crippen LogP contribution in [0, 0.1) is 0 Å². The maximum Gasteiger partial charge on any atom is 0.0924 e. The zero-order valence-corrected chi connectivity index (χ0v) is 9.93. The molecule has 1 fully saturated rings. The van der Waals surface area contributed by atoms with Gasteiger partial charge in [0.25, 0.3) is 0 Å². The number of rotatable bonds is 2. The van der Waals surface area contributed by atoms with Crippen LogP contribution in [0.3, 0.4) is 0 Å². The highest BCUT2D eigenvalue weighted by molar-refractivity contribution is 5.62. The van der Waals surface area contributed by atoms with E-state index in [-0.39, 0.29) is 0 Å². The molecule has 17 heavy (non-hydrogen) atoms. The summed E-state index contributed by atoms with van der Waals surface area (Å²) in [6.07, 6.45) is 9.89. The van der Waals surface area contributed by atoms with Crippen LogP contribution in [-0.2, 0) is 0 Å². The lowest BCUT2D eigenvalue weighted by Gasteiger charge is -2.21. The van der Waals surface area contributed by atoms with Gasteiger partial charge in [0.05, 0.1) is 18.2 Å². The molecule has 88 valence electrons. The molecule has 0 bridgehead atoms. The van der Waals surface area contributed by atoms with Crippen LogP contribution in [0.4, 0.5) is 0 Å². The number of likely N-dealkylation sites (tertiary alicyclic amines) is 1. The third-order valence-electron chi connectivity index (χ3n) is 3.52. The number of hydrogen-bond acceptors (Lipinski definition) is 3. The molecule has 0 amide bonds. The number of nitrogens with one attached hydrogen (secondary N) is 1. The summed E-state index contributed by atoms with van der Waals surface area (Å²) in [6, 6.07) is 2.55. The maximum atomic E-state index is 4.27. The fourth-order valence-corrected chi connectivity index (χ4v) is 2.62. The standard InChI is InChI=1S/C13H16N4/c1-17-6-2-3-13(17)11-7-14-5-4-10(11)12-8-15-9-16-12/h4-5,7-9,13H,2-3,6H2,1H3,(H,15,16)/t13-/m0/s1. The third-order valence-corrected chi connectivity index (χ3v) is 3.52. The van der Waals surface area contributed by atoms with E-state index < -0.39 is 0 Å². The third kappa shape index (κ3) is 1.85. The van der Waals surface area contributed by atoms with Crippen molar-refractivity contribution in [1.29, 1.82) is 0 Å². The Bertz CT molecular complexity index is 492. The zero-order valence-electron chi connectivity index (χ0n) is 9.93. The summed E-state index contributed by atoms with van der Waals surface area (Å²) in [5, 5.41) is 0. The fraction of sp³-hybridized carbons (Fsp3) is 0.385. The largest absolute Gasteiger partial charge is 0.345 e. The molecular formula is C13H16N4. The van der Waals surface area contributed by atoms with Gasteiger partial charge in [-0.3, -0.25) is 9.88 Å². The van der Waals surface area contributed by atoms with E-state index in [4.69, 9.17) is 0 Å². The Morgan fingerprint density at radius 1 is 1.35 bits per heavy atom. The predicted molar refractivity (Wildman–Crippen MR) is 66.4 cm³/mol. The van der Waals surface area contributed by atoms with E-state index in [1.54, 1.807) is 6.33 Å². The van der Waals surface area contributed by atoms with Gasteiger partial charge in [0.15, 0.2) is 0 Å². The zero-order chi connectivity index (χ0) is 11.7. The van der Waals surface area contributed by atoms with Crippen LogP contribution in [0.5, 0.6) is 0 Å². The first-order valence-electron chi connectivity index (χ1n) is 5.99. The van der Waals surface area contributed by atoms with Gasteiger partial charge >= 0.3 is 0 Å². The molecule has 0 radical (unpaired) electrons. The van der Waals surface area contributed by atoms with Gasteiger partial charge in [-0.05, 0) is 38.1 Å². The average Bonchev–Trinajstić information content (AvgIpc) is 3.00. The monoisotopic (exact) mass is 228 g/mol. The highest BCUT2D eigenvalue weighted by atomic mass is 15.1. The van der Waals surface area contributed by atoms with Crippen LogP contribution in [0.1, 0.15) is 24.4 Å². The minimum absolute atomic E-state index is 0.488. The normalized spacial score (nSPS) is 20.9. The molecule has 0 unspecified atom stereocenters. The summed E-state index contributed by atoms with van der Waals surface area (Å²) >= 11 is 0. The van der Waals surface area contributed by atoms with Gasteiger partial charge in [-0.15, -0.1) is 0 Å². The first-order chi connectivity index (χ1) is 8.36. The van der Waals surface area contributed by atoms with Gasteiger partial charge in [-0.1, -0.05) is 0 Å². The van der Waals surface area contributed by atoms with Crippen molar-refractivity contribution in [3.8, 4) is 11.3 Å². The van der Waals surface area contributed by atoms with E-state index >= 15 is 0 Å². The molecule has 1 saturated heterocycles.